The van der Waals surface area contributed by atoms with Gasteiger partial charge in [0.2, 0.25) is 0 Å². The van der Waals surface area contributed by atoms with Crippen LogP contribution in [0, 0.1) is 0 Å². The molecule has 112 valence electrons. The van der Waals surface area contributed by atoms with Gasteiger partial charge in [-0.3, -0.25) is 4.79 Å². The Labute approximate surface area is 136 Å². The van der Waals surface area contributed by atoms with Gasteiger partial charge in [-0.15, -0.1) is 11.3 Å². The van der Waals surface area contributed by atoms with Crippen molar-refractivity contribution in [1.29, 1.82) is 0 Å². The highest BCUT2D eigenvalue weighted by Gasteiger charge is 2.09. The molecule has 0 aliphatic carbocycles. The second-order valence-electron chi connectivity index (χ2n) is 4.67. The molecule has 0 radical (unpaired) electrons. The Balaban J connectivity index is 1.56. The number of carbonyl (C=O) groups is 1. The van der Waals surface area contributed by atoms with Gasteiger partial charge in [-0.2, -0.15) is 0 Å². The molecular formula is C16H13ClN2O2S. The minimum absolute atomic E-state index is 0.0589. The normalized spacial score (nSPS) is 10.6. The summed E-state index contributed by atoms with van der Waals surface area (Å²) in [6.45, 7) is 0.517. The third-order valence-electron chi connectivity index (χ3n) is 3.10. The van der Waals surface area contributed by atoms with Gasteiger partial charge in [0.1, 0.15) is 0 Å². The zero-order valence-electron chi connectivity index (χ0n) is 11.6. The number of thiophene rings is 1. The van der Waals surface area contributed by atoms with Crippen LogP contribution in [0.4, 0.5) is 0 Å². The largest absolute Gasteiger partial charge is 0.356 e. The molecule has 0 unspecified atom stereocenters. The zero-order chi connectivity index (χ0) is 15.4. The van der Waals surface area contributed by atoms with Gasteiger partial charge in [0.15, 0.2) is 5.76 Å². The van der Waals surface area contributed by atoms with Gasteiger partial charge >= 0.3 is 0 Å². The highest BCUT2D eigenvalue weighted by molar-refractivity contribution is 7.12. The molecule has 6 heteroatoms. The fourth-order valence-corrected chi connectivity index (χ4v) is 2.74. The van der Waals surface area contributed by atoms with E-state index in [-0.39, 0.29) is 5.91 Å². The topological polar surface area (TPSA) is 55.1 Å². The Bertz CT molecular complexity index is 751. The Morgan fingerprint density at radius 1 is 1.27 bits per heavy atom. The molecule has 22 heavy (non-hydrogen) atoms. The van der Waals surface area contributed by atoms with Gasteiger partial charge in [-0.1, -0.05) is 22.8 Å². The molecule has 0 aliphatic rings. The van der Waals surface area contributed by atoms with E-state index in [0.29, 0.717) is 28.6 Å². The number of rotatable bonds is 5. The standard InChI is InChI=1S/C16H13ClN2O2S/c17-12-5-3-11(4-6-12)14-10-13(19-21-14)7-8-18-16(20)15-2-1-9-22-15/h1-6,9-10H,7-8H2,(H,18,20). The number of benzene rings is 1. The highest BCUT2D eigenvalue weighted by atomic mass is 35.5. The minimum Gasteiger partial charge on any atom is -0.356 e. The molecule has 0 saturated carbocycles. The van der Waals surface area contributed by atoms with Gasteiger partial charge in [0.05, 0.1) is 10.6 Å². The number of carbonyl (C=O) groups excluding carboxylic acids is 1. The first-order chi connectivity index (χ1) is 10.7. The third kappa shape index (κ3) is 3.55. The molecule has 1 aromatic carbocycles. The van der Waals surface area contributed by atoms with E-state index < -0.39 is 0 Å². The average Bonchev–Trinajstić information content (AvgIpc) is 3.19. The summed E-state index contributed by atoms with van der Waals surface area (Å²) in [6, 6.07) is 12.9. The molecule has 0 bridgehead atoms. The second kappa shape index (κ2) is 6.77. The molecule has 0 atom stereocenters. The van der Waals surface area contributed by atoms with E-state index >= 15 is 0 Å². The lowest BCUT2D eigenvalue weighted by atomic mass is 10.1. The van der Waals surface area contributed by atoms with Crippen molar-refractivity contribution in [3.63, 3.8) is 0 Å². The van der Waals surface area contributed by atoms with Crippen molar-refractivity contribution >= 4 is 28.8 Å². The SMILES string of the molecule is O=C(NCCc1cc(-c2ccc(Cl)cc2)on1)c1cccs1. The number of nitrogens with zero attached hydrogens (tertiary/aromatic N) is 1. The molecule has 4 nitrogen and oxygen atoms in total. The Hall–Kier alpha value is -2.11. The first-order valence-corrected chi connectivity index (χ1v) is 8.01. The zero-order valence-corrected chi connectivity index (χ0v) is 13.2. The van der Waals surface area contributed by atoms with Crippen LogP contribution >= 0.6 is 22.9 Å². The fraction of sp³-hybridized carbons (Fsp3) is 0.125. The van der Waals surface area contributed by atoms with Crippen LogP contribution in [0.2, 0.25) is 5.02 Å². The van der Waals surface area contributed by atoms with Crippen LogP contribution < -0.4 is 5.32 Å². The molecule has 1 N–H and O–H groups in total. The summed E-state index contributed by atoms with van der Waals surface area (Å²) >= 11 is 7.28. The fourth-order valence-electron chi connectivity index (χ4n) is 1.98. The summed E-state index contributed by atoms with van der Waals surface area (Å²) in [5, 5.41) is 9.44. The monoisotopic (exact) mass is 332 g/mol. The van der Waals surface area contributed by atoms with E-state index in [9.17, 15) is 4.79 Å². The maximum atomic E-state index is 11.8. The quantitative estimate of drug-likeness (QED) is 0.767. The van der Waals surface area contributed by atoms with Crippen molar-refractivity contribution in [2.45, 2.75) is 6.42 Å². The van der Waals surface area contributed by atoms with Gasteiger partial charge in [0.25, 0.3) is 5.91 Å². The van der Waals surface area contributed by atoms with Crippen LogP contribution in [-0.4, -0.2) is 17.6 Å². The summed E-state index contributed by atoms with van der Waals surface area (Å²) in [7, 11) is 0. The van der Waals surface area contributed by atoms with Crippen molar-refractivity contribution in [2.75, 3.05) is 6.54 Å². The van der Waals surface area contributed by atoms with Gasteiger partial charge in [-0.25, -0.2) is 0 Å². The van der Waals surface area contributed by atoms with Crippen LogP contribution in [0.15, 0.2) is 52.4 Å². The van der Waals surface area contributed by atoms with Crippen molar-refractivity contribution in [3.8, 4) is 11.3 Å². The maximum absolute atomic E-state index is 11.8. The van der Waals surface area contributed by atoms with Crippen LogP contribution in [0.25, 0.3) is 11.3 Å². The summed E-state index contributed by atoms with van der Waals surface area (Å²) in [4.78, 5) is 12.5. The lowest BCUT2D eigenvalue weighted by molar-refractivity contribution is 0.0958. The number of aromatic nitrogens is 1. The molecule has 0 aliphatic heterocycles. The predicted octanol–water partition coefficient (Wildman–Crippen LogP) is 4.03. The van der Waals surface area contributed by atoms with E-state index in [0.717, 1.165) is 11.3 Å². The van der Waals surface area contributed by atoms with Gasteiger partial charge in [-0.05, 0) is 35.7 Å². The number of amides is 1. The van der Waals surface area contributed by atoms with E-state index in [4.69, 9.17) is 16.1 Å². The lowest BCUT2D eigenvalue weighted by Crippen LogP contribution is -2.24. The minimum atomic E-state index is -0.0589. The molecule has 2 heterocycles. The number of nitrogens with one attached hydrogen (secondary N) is 1. The molecule has 0 saturated heterocycles. The lowest BCUT2D eigenvalue weighted by Gasteiger charge is -2.00. The van der Waals surface area contributed by atoms with Crippen LogP contribution in [0.1, 0.15) is 15.4 Å². The second-order valence-corrected chi connectivity index (χ2v) is 6.06. The van der Waals surface area contributed by atoms with Crippen LogP contribution in [0.3, 0.4) is 0 Å². The molecule has 3 rings (SSSR count). The molecule has 2 aromatic heterocycles. The summed E-state index contributed by atoms with van der Waals surface area (Å²) in [5.41, 5.74) is 1.72. The van der Waals surface area contributed by atoms with Crippen molar-refractivity contribution in [2.24, 2.45) is 0 Å². The molecule has 3 aromatic rings. The molecule has 0 spiro atoms. The van der Waals surface area contributed by atoms with E-state index in [1.54, 1.807) is 18.2 Å². The van der Waals surface area contributed by atoms with E-state index in [1.165, 1.54) is 11.3 Å². The van der Waals surface area contributed by atoms with Gasteiger partial charge < -0.3 is 9.84 Å². The molecule has 1 amide bonds. The number of hydrogen-bond acceptors (Lipinski definition) is 4. The smallest absolute Gasteiger partial charge is 0.261 e. The Morgan fingerprint density at radius 2 is 2.09 bits per heavy atom. The molecular weight excluding hydrogens is 320 g/mol. The Morgan fingerprint density at radius 3 is 2.82 bits per heavy atom. The first kappa shape index (κ1) is 14.8. The first-order valence-electron chi connectivity index (χ1n) is 6.75. The Kier molecular flexibility index (Phi) is 4.56. The highest BCUT2D eigenvalue weighted by Crippen LogP contribution is 2.22. The summed E-state index contributed by atoms with van der Waals surface area (Å²) < 4.78 is 5.32. The molecule has 0 fully saturated rings. The van der Waals surface area contributed by atoms with Gasteiger partial charge in [0, 0.05) is 29.6 Å². The summed E-state index contributed by atoms with van der Waals surface area (Å²) in [5.74, 6) is 0.632. The average molecular weight is 333 g/mol. The van der Waals surface area contributed by atoms with Crippen molar-refractivity contribution in [3.05, 3.63) is 63.4 Å². The summed E-state index contributed by atoms with van der Waals surface area (Å²) in [6.07, 6.45) is 0.619. The number of halogens is 1. The van der Waals surface area contributed by atoms with Crippen molar-refractivity contribution in [1.82, 2.24) is 10.5 Å². The van der Waals surface area contributed by atoms with E-state index in [2.05, 4.69) is 10.5 Å². The van der Waals surface area contributed by atoms with Crippen molar-refractivity contribution < 1.29 is 9.32 Å². The third-order valence-corrected chi connectivity index (χ3v) is 4.22. The number of hydrogen-bond donors (Lipinski definition) is 1. The maximum Gasteiger partial charge on any atom is 0.261 e. The van der Waals surface area contributed by atoms with Crippen LogP contribution in [0.5, 0.6) is 0 Å². The predicted molar refractivity (Wildman–Crippen MR) is 87.3 cm³/mol. The van der Waals surface area contributed by atoms with Crippen LogP contribution in [-0.2, 0) is 6.42 Å². The van der Waals surface area contributed by atoms with E-state index in [1.807, 2.05) is 29.6 Å².